The number of hydrogen-bond donors (Lipinski definition) is 2. The summed E-state index contributed by atoms with van der Waals surface area (Å²) in [6, 6.07) is 0. The summed E-state index contributed by atoms with van der Waals surface area (Å²) in [5, 5.41) is 13.9. The molecule has 0 fully saturated rings. The summed E-state index contributed by atoms with van der Waals surface area (Å²) in [5.41, 5.74) is 0.723. The highest BCUT2D eigenvalue weighted by atomic mass is 32.1. The Balaban J connectivity index is 2.45. The molecule has 1 rings (SSSR count). The lowest BCUT2D eigenvalue weighted by Crippen LogP contribution is -2.27. The first-order valence-electron chi connectivity index (χ1n) is 5.72. The molecule has 6 heteroatoms. The van der Waals surface area contributed by atoms with Gasteiger partial charge in [0.05, 0.1) is 23.5 Å². The van der Waals surface area contributed by atoms with Gasteiger partial charge in [-0.2, -0.15) is 0 Å². The molecule has 0 spiro atoms. The summed E-state index contributed by atoms with van der Waals surface area (Å²) in [5.74, 6) is -1.11. The fourth-order valence-electron chi connectivity index (χ4n) is 1.27. The van der Waals surface area contributed by atoms with Crippen molar-refractivity contribution in [3.63, 3.8) is 0 Å². The summed E-state index contributed by atoms with van der Waals surface area (Å²) in [6.45, 7) is 6.37. The van der Waals surface area contributed by atoms with E-state index in [1.807, 2.05) is 5.38 Å². The predicted molar refractivity (Wildman–Crippen MR) is 69.8 cm³/mol. The van der Waals surface area contributed by atoms with Crippen LogP contribution >= 0.6 is 11.3 Å². The van der Waals surface area contributed by atoms with Gasteiger partial charge in [0.2, 0.25) is 5.91 Å². The Kier molecular flexibility index (Phi) is 4.84. The molecule has 0 saturated carbocycles. The Morgan fingerprint density at radius 1 is 1.44 bits per heavy atom. The van der Waals surface area contributed by atoms with Gasteiger partial charge in [-0.1, -0.05) is 20.8 Å². The van der Waals surface area contributed by atoms with Gasteiger partial charge in [0.15, 0.2) is 0 Å². The van der Waals surface area contributed by atoms with Crippen molar-refractivity contribution < 1.29 is 14.7 Å². The number of carboxylic acids is 1. The van der Waals surface area contributed by atoms with Gasteiger partial charge < -0.3 is 10.4 Å². The molecule has 0 unspecified atom stereocenters. The molecule has 0 aliphatic carbocycles. The van der Waals surface area contributed by atoms with Crippen LogP contribution in [0.15, 0.2) is 5.38 Å². The van der Waals surface area contributed by atoms with E-state index in [4.69, 9.17) is 5.11 Å². The van der Waals surface area contributed by atoms with E-state index in [9.17, 15) is 9.59 Å². The molecule has 0 radical (unpaired) electrons. The largest absolute Gasteiger partial charge is 0.481 e. The van der Waals surface area contributed by atoms with Crippen molar-refractivity contribution in [1.29, 1.82) is 0 Å². The fourth-order valence-corrected chi connectivity index (χ4v) is 2.18. The highest BCUT2D eigenvalue weighted by Crippen LogP contribution is 2.25. The minimum absolute atomic E-state index is 0.0112. The van der Waals surface area contributed by atoms with Gasteiger partial charge in [-0.05, 0) is 0 Å². The van der Waals surface area contributed by atoms with Gasteiger partial charge in [-0.25, -0.2) is 4.98 Å². The molecule has 1 aromatic rings. The van der Waals surface area contributed by atoms with Crippen molar-refractivity contribution in [3.05, 3.63) is 16.1 Å². The molecule has 0 aliphatic rings. The van der Waals surface area contributed by atoms with Gasteiger partial charge in [0, 0.05) is 17.3 Å². The Labute approximate surface area is 110 Å². The number of hydrogen-bond acceptors (Lipinski definition) is 4. The number of carbonyl (C=O) groups is 2. The summed E-state index contributed by atoms with van der Waals surface area (Å²) in [6.07, 6.45) is 0.141. The Morgan fingerprint density at radius 3 is 2.61 bits per heavy atom. The molecule has 0 aliphatic heterocycles. The highest BCUT2D eigenvalue weighted by Gasteiger charge is 2.18. The molecular weight excluding hydrogens is 252 g/mol. The summed E-state index contributed by atoms with van der Waals surface area (Å²) in [4.78, 5) is 26.2. The van der Waals surface area contributed by atoms with Crippen molar-refractivity contribution >= 4 is 23.2 Å². The number of rotatable bonds is 5. The van der Waals surface area contributed by atoms with Gasteiger partial charge in [0.1, 0.15) is 0 Å². The van der Waals surface area contributed by atoms with E-state index >= 15 is 0 Å². The van der Waals surface area contributed by atoms with E-state index in [0.29, 0.717) is 0 Å². The molecule has 100 valence electrons. The Bertz CT molecular complexity index is 435. The average molecular weight is 270 g/mol. The van der Waals surface area contributed by atoms with Gasteiger partial charge in [-0.3, -0.25) is 9.59 Å². The zero-order valence-corrected chi connectivity index (χ0v) is 11.6. The lowest BCUT2D eigenvalue weighted by atomic mass is 9.98. The third kappa shape index (κ3) is 4.83. The van der Waals surface area contributed by atoms with Crippen LogP contribution in [0.4, 0.5) is 0 Å². The van der Waals surface area contributed by atoms with Crippen molar-refractivity contribution in [2.45, 2.75) is 39.0 Å². The van der Waals surface area contributed by atoms with Gasteiger partial charge >= 0.3 is 5.97 Å². The Morgan fingerprint density at radius 2 is 2.11 bits per heavy atom. The van der Waals surface area contributed by atoms with Crippen LogP contribution < -0.4 is 5.32 Å². The molecule has 1 aromatic heterocycles. The lowest BCUT2D eigenvalue weighted by molar-refractivity contribution is -0.136. The van der Waals surface area contributed by atoms with E-state index in [0.717, 1.165) is 10.7 Å². The smallest absolute Gasteiger partial charge is 0.305 e. The van der Waals surface area contributed by atoms with Gasteiger partial charge in [0.25, 0.3) is 0 Å². The first-order valence-corrected chi connectivity index (χ1v) is 6.60. The maximum absolute atomic E-state index is 11.5. The third-order valence-electron chi connectivity index (χ3n) is 2.20. The first kappa shape index (κ1) is 14.6. The van der Waals surface area contributed by atoms with Crippen LogP contribution in [0, 0.1) is 0 Å². The number of amides is 1. The molecule has 2 N–H and O–H groups in total. The van der Waals surface area contributed by atoms with E-state index in [-0.39, 0.29) is 30.7 Å². The normalized spacial score (nSPS) is 11.3. The highest BCUT2D eigenvalue weighted by molar-refractivity contribution is 7.09. The van der Waals surface area contributed by atoms with Crippen LogP contribution in [-0.4, -0.2) is 28.5 Å². The van der Waals surface area contributed by atoms with E-state index in [2.05, 4.69) is 31.1 Å². The topological polar surface area (TPSA) is 79.3 Å². The number of carboxylic acid groups (broad SMARTS) is 1. The van der Waals surface area contributed by atoms with Crippen LogP contribution in [-0.2, 0) is 21.4 Å². The number of nitrogens with zero attached hydrogens (tertiary/aromatic N) is 1. The predicted octanol–water partition coefficient (Wildman–Crippen LogP) is 1.57. The SMILES string of the molecule is CC(C)(C)c1nc(CC(=O)NCCC(=O)O)cs1. The third-order valence-corrected chi connectivity index (χ3v) is 3.51. The maximum Gasteiger partial charge on any atom is 0.305 e. The maximum atomic E-state index is 11.5. The summed E-state index contributed by atoms with van der Waals surface area (Å²) in [7, 11) is 0. The minimum Gasteiger partial charge on any atom is -0.481 e. The number of carbonyl (C=O) groups excluding carboxylic acids is 1. The van der Waals surface area contributed by atoms with Crippen LogP contribution in [0.1, 0.15) is 37.9 Å². The van der Waals surface area contributed by atoms with Crippen molar-refractivity contribution in [1.82, 2.24) is 10.3 Å². The molecule has 1 amide bonds. The molecule has 0 aromatic carbocycles. The van der Waals surface area contributed by atoms with Crippen LogP contribution in [0.2, 0.25) is 0 Å². The zero-order chi connectivity index (χ0) is 13.8. The van der Waals surface area contributed by atoms with Crippen molar-refractivity contribution in [2.24, 2.45) is 0 Å². The summed E-state index contributed by atoms with van der Waals surface area (Å²) >= 11 is 1.54. The second-order valence-electron chi connectivity index (χ2n) is 5.06. The molecule has 0 atom stereocenters. The van der Waals surface area contributed by atoms with E-state index < -0.39 is 5.97 Å². The second kappa shape index (κ2) is 5.95. The minimum atomic E-state index is -0.918. The quantitative estimate of drug-likeness (QED) is 0.851. The number of aliphatic carboxylic acids is 1. The summed E-state index contributed by atoms with van der Waals surface area (Å²) < 4.78 is 0. The average Bonchev–Trinajstić information content (AvgIpc) is 2.64. The van der Waals surface area contributed by atoms with Crippen LogP contribution in [0.25, 0.3) is 0 Å². The van der Waals surface area contributed by atoms with Crippen molar-refractivity contribution in [2.75, 3.05) is 6.54 Å². The molecule has 1 heterocycles. The lowest BCUT2D eigenvalue weighted by Gasteiger charge is -2.13. The number of nitrogens with one attached hydrogen (secondary N) is 1. The monoisotopic (exact) mass is 270 g/mol. The zero-order valence-electron chi connectivity index (χ0n) is 10.8. The van der Waals surface area contributed by atoms with Crippen molar-refractivity contribution in [3.8, 4) is 0 Å². The standard InChI is InChI=1S/C12H18N2O3S/c1-12(2,3)11-14-8(7-18-11)6-9(15)13-5-4-10(16)17/h7H,4-6H2,1-3H3,(H,13,15)(H,16,17). The van der Waals surface area contributed by atoms with Crippen LogP contribution in [0.3, 0.4) is 0 Å². The van der Waals surface area contributed by atoms with Crippen LogP contribution in [0.5, 0.6) is 0 Å². The second-order valence-corrected chi connectivity index (χ2v) is 5.92. The fraction of sp³-hybridized carbons (Fsp3) is 0.583. The molecule has 0 bridgehead atoms. The molecular formula is C12H18N2O3S. The van der Waals surface area contributed by atoms with E-state index in [1.165, 1.54) is 0 Å². The molecule has 0 saturated heterocycles. The van der Waals surface area contributed by atoms with Gasteiger partial charge in [-0.15, -0.1) is 11.3 Å². The first-order chi connectivity index (χ1) is 8.29. The van der Waals surface area contributed by atoms with E-state index in [1.54, 1.807) is 11.3 Å². The molecule has 18 heavy (non-hydrogen) atoms. The number of aromatic nitrogens is 1. The number of thiazole rings is 1. The Hall–Kier alpha value is -1.43. The molecule has 5 nitrogen and oxygen atoms in total.